The van der Waals surface area contributed by atoms with Crippen LogP contribution in [0.3, 0.4) is 0 Å². The number of benzene rings is 2. The van der Waals surface area contributed by atoms with E-state index >= 15 is 0 Å². The first kappa shape index (κ1) is 16.1. The van der Waals surface area contributed by atoms with Gasteiger partial charge in [0.25, 0.3) is 0 Å². The lowest BCUT2D eigenvalue weighted by atomic mass is 10.0. The van der Waals surface area contributed by atoms with Crippen molar-refractivity contribution in [2.75, 3.05) is 0 Å². The average Bonchev–Trinajstić information content (AvgIpc) is 2.93. The fraction of sp³-hybridized carbons (Fsp3) is 0.211. The second-order valence-corrected chi connectivity index (χ2v) is 5.92. The number of nitrogens with two attached hydrogens (primary N) is 1. The quantitative estimate of drug-likeness (QED) is 0.649. The number of ether oxygens (including phenoxy) is 1. The van der Waals surface area contributed by atoms with Crippen molar-refractivity contribution in [3.05, 3.63) is 65.4 Å². The maximum Gasteiger partial charge on any atom is 0.352 e. The smallest absolute Gasteiger partial charge is 0.352 e. The first-order chi connectivity index (χ1) is 11.6. The van der Waals surface area contributed by atoms with Gasteiger partial charge in [-0.2, -0.15) is 0 Å². The Kier molecular flexibility index (Phi) is 4.53. The standard InChI is InChI=1S/C19H20N2O3/c1-12(20)10-15-14-8-5-9-16(17(14)21-18(15)19(22)23)24-11-13-6-3-2-4-7-13/h2-9,12,21H,10-11,20H2,1H3,(H,22,23). The molecule has 1 aromatic heterocycles. The van der Waals surface area contributed by atoms with Crippen LogP contribution < -0.4 is 10.5 Å². The first-order valence-corrected chi connectivity index (χ1v) is 7.85. The van der Waals surface area contributed by atoms with Crippen molar-refractivity contribution in [2.24, 2.45) is 5.73 Å². The Bertz CT molecular complexity index is 854. The number of carboxylic acid groups (broad SMARTS) is 1. The van der Waals surface area contributed by atoms with Gasteiger partial charge in [0, 0.05) is 11.4 Å². The van der Waals surface area contributed by atoms with Crippen molar-refractivity contribution in [3.8, 4) is 5.75 Å². The molecule has 124 valence electrons. The van der Waals surface area contributed by atoms with Crippen molar-refractivity contribution in [3.63, 3.8) is 0 Å². The highest BCUT2D eigenvalue weighted by Gasteiger charge is 2.20. The minimum atomic E-state index is -0.990. The molecule has 5 heteroatoms. The number of aromatic carboxylic acids is 1. The van der Waals surface area contributed by atoms with E-state index in [4.69, 9.17) is 10.5 Å². The Morgan fingerprint density at radius 1 is 1.21 bits per heavy atom. The lowest BCUT2D eigenvalue weighted by Gasteiger charge is -2.08. The van der Waals surface area contributed by atoms with Crippen molar-refractivity contribution < 1.29 is 14.6 Å². The van der Waals surface area contributed by atoms with E-state index in [1.807, 2.05) is 55.5 Å². The Morgan fingerprint density at radius 3 is 2.62 bits per heavy atom. The summed E-state index contributed by atoms with van der Waals surface area (Å²) in [4.78, 5) is 14.5. The van der Waals surface area contributed by atoms with E-state index in [0.717, 1.165) is 16.5 Å². The number of para-hydroxylation sites is 1. The number of carbonyl (C=O) groups is 1. The molecule has 0 aliphatic rings. The molecule has 0 bridgehead atoms. The predicted octanol–water partition coefficient (Wildman–Crippen LogP) is 3.33. The number of nitrogens with one attached hydrogen (secondary N) is 1. The van der Waals surface area contributed by atoms with E-state index in [0.29, 0.717) is 24.3 Å². The summed E-state index contributed by atoms with van der Waals surface area (Å²) >= 11 is 0. The van der Waals surface area contributed by atoms with Gasteiger partial charge in [-0.3, -0.25) is 0 Å². The molecule has 2 aromatic carbocycles. The van der Waals surface area contributed by atoms with Gasteiger partial charge in [-0.1, -0.05) is 42.5 Å². The van der Waals surface area contributed by atoms with Crippen molar-refractivity contribution in [2.45, 2.75) is 26.0 Å². The molecule has 1 atom stereocenters. The zero-order valence-electron chi connectivity index (χ0n) is 13.5. The van der Waals surface area contributed by atoms with Gasteiger partial charge in [-0.25, -0.2) is 4.79 Å². The number of rotatable bonds is 6. The Morgan fingerprint density at radius 2 is 1.96 bits per heavy atom. The molecule has 1 heterocycles. The number of aromatic nitrogens is 1. The van der Waals surface area contributed by atoms with Crippen LogP contribution in [0.15, 0.2) is 48.5 Å². The average molecular weight is 324 g/mol. The van der Waals surface area contributed by atoms with Crippen LogP contribution in [-0.4, -0.2) is 22.1 Å². The van der Waals surface area contributed by atoms with E-state index in [-0.39, 0.29) is 11.7 Å². The highest BCUT2D eigenvalue weighted by Crippen LogP contribution is 2.31. The summed E-state index contributed by atoms with van der Waals surface area (Å²) in [7, 11) is 0. The first-order valence-electron chi connectivity index (χ1n) is 7.85. The highest BCUT2D eigenvalue weighted by atomic mass is 16.5. The van der Waals surface area contributed by atoms with Gasteiger partial charge < -0.3 is 20.6 Å². The molecule has 3 aromatic rings. The normalized spacial score (nSPS) is 12.2. The summed E-state index contributed by atoms with van der Waals surface area (Å²) in [5.41, 5.74) is 8.52. The molecule has 1 unspecified atom stereocenters. The Balaban J connectivity index is 1.99. The molecular formula is C19H20N2O3. The second kappa shape index (κ2) is 6.76. The molecule has 0 amide bonds. The number of hydrogen-bond acceptors (Lipinski definition) is 3. The Labute approximate surface area is 140 Å². The third-order valence-corrected chi connectivity index (χ3v) is 3.88. The van der Waals surface area contributed by atoms with E-state index in [9.17, 15) is 9.90 Å². The third-order valence-electron chi connectivity index (χ3n) is 3.88. The number of H-pyrrole nitrogens is 1. The molecular weight excluding hydrogens is 304 g/mol. The molecule has 3 rings (SSSR count). The molecule has 0 aliphatic heterocycles. The molecule has 0 saturated carbocycles. The monoisotopic (exact) mass is 324 g/mol. The summed E-state index contributed by atoms with van der Waals surface area (Å²) in [5, 5.41) is 10.3. The molecule has 24 heavy (non-hydrogen) atoms. The van der Waals surface area contributed by atoms with Crippen LogP contribution in [0, 0.1) is 0 Å². The van der Waals surface area contributed by atoms with Crippen LogP contribution in [0.1, 0.15) is 28.5 Å². The summed E-state index contributed by atoms with van der Waals surface area (Å²) in [5.74, 6) is -0.356. The fourth-order valence-corrected chi connectivity index (χ4v) is 2.82. The fourth-order valence-electron chi connectivity index (χ4n) is 2.82. The molecule has 0 spiro atoms. The van der Waals surface area contributed by atoms with E-state index in [1.165, 1.54) is 0 Å². The summed E-state index contributed by atoms with van der Waals surface area (Å²) in [6.45, 7) is 2.28. The van der Waals surface area contributed by atoms with Gasteiger partial charge in [0.1, 0.15) is 18.1 Å². The van der Waals surface area contributed by atoms with Crippen molar-refractivity contribution in [1.82, 2.24) is 4.98 Å². The van der Waals surface area contributed by atoms with Gasteiger partial charge in [-0.05, 0) is 30.5 Å². The maximum atomic E-state index is 11.6. The summed E-state index contributed by atoms with van der Waals surface area (Å²) < 4.78 is 5.90. The Hall–Kier alpha value is -2.79. The zero-order valence-corrected chi connectivity index (χ0v) is 13.5. The van der Waals surface area contributed by atoms with E-state index < -0.39 is 5.97 Å². The van der Waals surface area contributed by atoms with Crippen LogP contribution in [0.4, 0.5) is 0 Å². The van der Waals surface area contributed by atoms with Crippen LogP contribution in [0.5, 0.6) is 5.75 Å². The predicted molar refractivity (Wildman–Crippen MR) is 93.4 cm³/mol. The molecule has 4 N–H and O–H groups in total. The minimum Gasteiger partial charge on any atom is -0.487 e. The van der Waals surface area contributed by atoms with Crippen molar-refractivity contribution in [1.29, 1.82) is 0 Å². The maximum absolute atomic E-state index is 11.6. The number of hydrogen-bond donors (Lipinski definition) is 3. The minimum absolute atomic E-state index is 0.129. The van der Waals surface area contributed by atoms with E-state index in [1.54, 1.807) is 0 Å². The summed E-state index contributed by atoms with van der Waals surface area (Å²) in [6.07, 6.45) is 0.490. The molecule has 0 aliphatic carbocycles. The number of fused-ring (bicyclic) bond motifs is 1. The second-order valence-electron chi connectivity index (χ2n) is 5.92. The highest BCUT2D eigenvalue weighted by molar-refractivity contribution is 5.99. The van der Waals surface area contributed by atoms with Gasteiger partial charge in [0.2, 0.25) is 0 Å². The van der Waals surface area contributed by atoms with Crippen LogP contribution >= 0.6 is 0 Å². The van der Waals surface area contributed by atoms with Crippen LogP contribution in [0.2, 0.25) is 0 Å². The van der Waals surface area contributed by atoms with Gasteiger partial charge in [0.05, 0.1) is 5.52 Å². The lowest BCUT2D eigenvalue weighted by Crippen LogP contribution is -2.19. The van der Waals surface area contributed by atoms with Crippen molar-refractivity contribution >= 4 is 16.9 Å². The van der Waals surface area contributed by atoms with Crippen LogP contribution in [0.25, 0.3) is 10.9 Å². The lowest BCUT2D eigenvalue weighted by molar-refractivity contribution is 0.0690. The molecule has 5 nitrogen and oxygen atoms in total. The topological polar surface area (TPSA) is 88.3 Å². The number of carboxylic acids is 1. The van der Waals surface area contributed by atoms with Gasteiger partial charge in [-0.15, -0.1) is 0 Å². The van der Waals surface area contributed by atoms with Crippen LogP contribution in [-0.2, 0) is 13.0 Å². The molecule has 0 saturated heterocycles. The SMILES string of the molecule is CC(N)Cc1c(C(=O)O)[nH]c2c(OCc3ccccc3)cccc12. The molecule has 0 radical (unpaired) electrons. The number of aromatic amines is 1. The van der Waals surface area contributed by atoms with Gasteiger partial charge >= 0.3 is 5.97 Å². The van der Waals surface area contributed by atoms with E-state index in [2.05, 4.69) is 4.98 Å². The molecule has 0 fully saturated rings. The van der Waals surface area contributed by atoms with Gasteiger partial charge in [0.15, 0.2) is 0 Å². The third kappa shape index (κ3) is 3.26. The zero-order chi connectivity index (χ0) is 17.1. The largest absolute Gasteiger partial charge is 0.487 e. The summed E-state index contributed by atoms with van der Waals surface area (Å²) in [6, 6.07) is 15.3.